The molecule has 0 saturated carbocycles. The first-order valence-electron chi connectivity index (χ1n) is 11.5. The molecule has 1 heterocycles. The zero-order valence-corrected chi connectivity index (χ0v) is 20.4. The summed E-state index contributed by atoms with van der Waals surface area (Å²) in [6.45, 7) is 5.40. The van der Waals surface area contributed by atoms with Crippen LogP contribution in [-0.2, 0) is 16.0 Å². The van der Waals surface area contributed by atoms with Gasteiger partial charge in [-0.25, -0.2) is 9.97 Å². The van der Waals surface area contributed by atoms with Crippen molar-refractivity contribution in [3.8, 4) is 17.1 Å². The van der Waals surface area contributed by atoms with E-state index < -0.39 is 0 Å². The minimum absolute atomic E-state index is 0.0540. The van der Waals surface area contributed by atoms with Gasteiger partial charge in [0.2, 0.25) is 11.8 Å². The fraction of sp³-hybridized carbons (Fsp3) is 0.308. The number of carbonyl (C=O) groups is 2. The van der Waals surface area contributed by atoms with Gasteiger partial charge in [-0.1, -0.05) is 42.5 Å². The molecule has 2 amide bonds. The number of hydrogen-bond donors (Lipinski definition) is 4. The largest absolute Gasteiger partial charge is 0.497 e. The molecule has 9 nitrogen and oxygen atoms in total. The Bertz CT molecular complexity index is 1120. The van der Waals surface area contributed by atoms with Gasteiger partial charge in [0.1, 0.15) is 17.4 Å². The Kier molecular flexibility index (Phi) is 9.41. The van der Waals surface area contributed by atoms with Crippen molar-refractivity contribution < 1.29 is 14.3 Å². The molecule has 0 atom stereocenters. The summed E-state index contributed by atoms with van der Waals surface area (Å²) in [7, 11) is 1.61. The van der Waals surface area contributed by atoms with E-state index in [0.717, 1.165) is 22.4 Å². The Morgan fingerprint density at radius 3 is 2.00 bits per heavy atom. The van der Waals surface area contributed by atoms with Gasteiger partial charge in [0, 0.05) is 44.2 Å². The summed E-state index contributed by atoms with van der Waals surface area (Å²) in [6.07, 6.45) is 0.303. The monoisotopic (exact) mass is 476 g/mol. The van der Waals surface area contributed by atoms with Crippen molar-refractivity contribution in [2.24, 2.45) is 0 Å². The molecule has 0 spiro atoms. The number of nitrogens with zero attached hydrogens (tertiary/aromatic N) is 2. The van der Waals surface area contributed by atoms with Gasteiger partial charge in [-0.05, 0) is 24.6 Å². The zero-order valence-electron chi connectivity index (χ0n) is 20.4. The molecule has 9 heteroatoms. The minimum Gasteiger partial charge on any atom is -0.497 e. The Labute approximate surface area is 205 Å². The predicted octanol–water partition coefficient (Wildman–Crippen LogP) is 2.78. The molecule has 0 fully saturated rings. The first kappa shape index (κ1) is 25.5. The molecule has 0 unspecified atom stereocenters. The molecule has 0 aliphatic carbocycles. The average molecular weight is 477 g/mol. The van der Waals surface area contributed by atoms with Gasteiger partial charge < -0.3 is 26.0 Å². The second kappa shape index (κ2) is 12.9. The normalized spacial score (nSPS) is 10.4. The van der Waals surface area contributed by atoms with Crippen LogP contribution in [0, 0.1) is 6.92 Å². The van der Waals surface area contributed by atoms with Gasteiger partial charge in [-0.2, -0.15) is 0 Å². The molecule has 3 aromatic rings. The molecule has 4 N–H and O–H groups in total. The standard InChI is InChI=1S/C26H32N6O3/c1-18-24(29-15-13-27-19(2)33)31-26(21-7-5-4-6-8-21)32-25(18)30-16-14-28-23(34)17-20-9-11-22(35-3)12-10-20/h4-12H,13-17H2,1-3H3,(H,27,33)(H,28,34)(H2,29,30,31,32). The van der Waals surface area contributed by atoms with E-state index in [1.165, 1.54) is 6.92 Å². The fourth-order valence-corrected chi connectivity index (χ4v) is 3.37. The maximum absolute atomic E-state index is 12.3. The Morgan fingerprint density at radius 1 is 0.829 bits per heavy atom. The lowest BCUT2D eigenvalue weighted by Gasteiger charge is -2.16. The van der Waals surface area contributed by atoms with E-state index in [1.54, 1.807) is 7.11 Å². The molecule has 0 bridgehead atoms. The Hall–Kier alpha value is -4.14. The maximum Gasteiger partial charge on any atom is 0.224 e. The van der Waals surface area contributed by atoms with Crippen LogP contribution in [0.5, 0.6) is 5.75 Å². The highest BCUT2D eigenvalue weighted by Gasteiger charge is 2.12. The van der Waals surface area contributed by atoms with Crippen LogP contribution in [0.15, 0.2) is 54.6 Å². The van der Waals surface area contributed by atoms with Crippen LogP contribution in [0.1, 0.15) is 18.1 Å². The summed E-state index contributed by atoms with van der Waals surface area (Å²) in [4.78, 5) is 32.8. The molecule has 1 aromatic heterocycles. The number of methoxy groups -OCH3 is 1. The molecule has 0 aliphatic heterocycles. The van der Waals surface area contributed by atoms with Crippen LogP contribution in [0.3, 0.4) is 0 Å². The summed E-state index contributed by atoms with van der Waals surface area (Å²) in [5.41, 5.74) is 2.68. The van der Waals surface area contributed by atoms with Crippen LogP contribution in [-0.4, -0.2) is 55.1 Å². The lowest BCUT2D eigenvalue weighted by Crippen LogP contribution is -2.30. The number of ether oxygens (including phenoxy) is 1. The number of amides is 2. The fourth-order valence-electron chi connectivity index (χ4n) is 3.37. The molecule has 35 heavy (non-hydrogen) atoms. The van der Waals surface area contributed by atoms with Crippen molar-refractivity contribution in [3.05, 3.63) is 65.7 Å². The quantitative estimate of drug-likeness (QED) is 0.297. The average Bonchev–Trinajstić information content (AvgIpc) is 2.87. The third-order valence-electron chi connectivity index (χ3n) is 5.23. The molecule has 0 aliphatic rings. The van der Waals surface area contributed by atoms with Gasteiger partial charge in [-0.15, -0.1) is 0 Å². The molecular weight excluding hydrogens is 444 g/mol. The first-order valence-corrected chi connectivity index (χ1v) is 11.5. The van der Waals surface area contributed by atoms with Crippen LogP contribution < -0.4 is 26.0 Å². The number of aromatic nitrogens is 2. The topological polar surface area (TPSA) is 117 Å². The second-order valence-electron chi connectivity index (χ2n) is 7.95. The van der Waals surface area contributed by atoms with E-state index in [2.05, 4.69) is 26.3 Å². The number of anilines is 2. The lowest BCUT2D eigenvalue weighted by atomic mass is 10.1. The van der Waals surface area contributed by atoms with Crippen LogP contribution in [0.4, 0.5) is 11.6 Å². The summed E-state index contributed by atoms with van der Waals surface area (Å²) >= 11 is 0. The van der Waals surface area contributed by atoms with Gasteiger partial charge in [0.05, 0.1) is 13.5 Å². The van der Waals surface area contributed by atoms with E-state index in [-0.39, 0.29) is 11.8 Å². The molecule has 184 valence electrons. The van der Waals surface area contributed by atoms with Crippen molar-refractivity contribution in [1.82, 2.24) is 20.6 Å². The van der Waals surface area contributed by atoms with Crippen LogP contribution in [0.25, 0.3) is 11.4 Å². The SMILES string of the molecule is COc1ccc(CC(=O)NCCNc2nc(-c3ccccc3)nc(NCCNC(C)=O)c2C)cc1. The lowest BCUT2D eigenvalue weighted by molar-refractivity contribution is -0.120. The summed E-state index contributed by atoms with van der Waals surface area (Å²) in [5.74, 6) is 2.59. The van der Waals surface area contributed by atoms with E-state index in [4.69, 9.17) is 9.72 Å². The van der Waals surface area contributed by atoms with Crippen molar-refractivity contribution in [2.45, 2.75) is 20.3 Å². The number of carbonyl (C=O) groups excluding carboxylic acids is 2. The third kappa shape index (κ3) is 7.99. The Morgan fingerprint density at radius 2 is 1.43 bits per heavy atom. The zero-order chi connectivity index (χ0) is 25.0. The highest BCUT2D eigenvalue weighted by molar-refractivity contribution is 5.78. The van der Waals surface area contributed by atoms with Gasteiger partial charge >= 0.3 is 0 Å². The van der Waals surface area contributed by atoms with Crippen LogP contribution in [0.2, 0.25) is 0 Å². The van der Waals surface area contributed by atoms with E-state index in [9.17, 15) is 9.59 Å². The number of rotatable bonds is 12. The summed E-state index contributed by atoms with van der Waals surface area (Å²) in [6, 6.07) is 17.2. The van der Waals surface area contributed by atoms with E-state index >= 15 is 0 Å². The number of nitrogens with one attached hydrogen (secondary N) is 4. The summed E-state index contributed by atoms with van der Waals surface area (Å²) in [5, 5.41) is 12.3. The van der Waals surface area contributed by atoms with Gasteiger partial charge in [0.25, 0.3) is 0 Å². The predicted molar refractivity (Wildman–Crippen MR) is 138 cm³/mol. The van der Waals surface area contributed by atoms with Crippen molar-refractivity contribution in [2.75, 3.05) is 43.9 Å². The number of benzene rings is 2. The van der Waals surface area contributed by atoms with Crippen LogP contribution >= 0.6 is 0 Å². The smallest absolute Gasteiger partial charge is 0.224 e. The molecule has 0 saturated heterocycles. The maximum atomic E-state index is 12.3. The third-order valence-corrected chi connectivity index (χ3v) is 5.23. The second-order valence-corrected chi connectivity index (χ2v) is 7.95. The van der Waals surface area contributed by atoms with Crippen molar-refractivity contribution in [3.63, 3.8) is 0 Å². The molecular formula is C26H32N6O3. The first-order chi connectivity index (χ1) is 17.0. The highest BCUT2D eigenvalue weighted by atomic mass is 16.5. The number of hydrogen-bond acceptors (Lipinski definition) is 7. The molecule has 2 aromatic carbocycles. The van der Waals surface area contributed by atoms with Gasteiger partial charge in [0.15, 0.2) is 5.82 Å². The molecule has 0 radical (unpaired) electrons. The highest BCUT2D eigenvalue weighted by Crippen LogP contribution is 2.24. The minimum atomic E-state index is -0.0763. The van der Waals surface area contributed by atoms with Crippen molar-refractivity contribution in [1.29, 1.82) is 0 Å². The van der Waals surface area contributed by atoms with Gasteiger partial charge in [-0.3, -0.25) is 9.59 Å². The Balaban J connectivity index is 1.60. The molecule has 3 rings (SSSR count). The van der Waals surface area contributed by atoms with E-state index in [0.29, 0.717) is 50.1 Å². The van der Waals surface area contributed by atoms with Crippen molar-refractivity contribution >= 4 is 23.5 Å². The summed E-state index contributed by atoms with van der Waals surface area (Å²) < 4.78 is 5.15. The van der Waals surface area contributed by atoms with E-state index in [1.807, 2.05) is 61.5 Å².